The summed E-state index contributed by atoms with van der Waals surface area (Å²) in [6.07, 6.45) is 6.43. The third kappa shape index (κ3) is 5.58. The summed E-state index contributed by atoms with van der Waals surface area (Å²) in [5, 5.41) is 3.50. The van der Waals surface area contributed by atoms with Gasteiger partial charge in [0, 0.05) is 34.1 Å². The number of carbonyl (C=O) groups is 1. The van der Waals surface area contributed by atoms with E-state index in [0.29, 0.717) is 27.6 Å². The molecule has 0 saturated heterocycles. The van der Waals surface area contributed by atoms with Crippen LogP contribution in [0, 0.1) is 11.6 Å². The van der Waals surface area contributed by atoms with Crippen molar-refractivity contribution in [1.29, 1.82) is 0 Å². The van der Waals surface area contributed by atoms with Gasteiger partial charge in [-0.1, -0.05) is 30.8 Å². The van der Waals surface area contributed by atoms with Gasteiger partial charge in [0.25, 0.3) is 0 Å². The number of halogens is 3. The summed E-state index contributed by atoms with van der Waals surface area (Å²) in [5.74, 6) is -1.30. The number of hydrogen-bond acceptors (Lipinski definition) is 3. The minimum absolute atomic E-state index is 0.0494. The molecule has 35 heavy (non-hydrogen) atoms. The van der Waals surface area contributed by atoms with Crippen LogP contribution in [-0.2, 0) is 17.6 Å². The molecule has 0 aliphatic heterocycles. The first-order valence-corrected chi connectivity index (χ1v) is 11.1. The summed E-state index contributed by atoms with van der Waals surface area (Å²) in [6.45, 7) is 7.55. The molecule has 4 rings (SSSR count). The van der Waals surface area contributed by atoms with E-state index in [9.17, 15) is 13.6 Å². The van der Waals surface area contributed by atoms with Gasteiger partial charge in [-0.05, 0) is 60.0 Å². The van der Waals surface area contributed by atoms with Crippen LogP contribution in [0.2, 0.25) is 5.02 Å². The predicted molar refractivity (Wildman–Crippen MR) is 133 cm³/mol. The third-order valence-corrected chi connectivity index (χ3v) is 5.78. The second kappa shape index (κ2) is 10.5. The molecule has 0 radical (unpaired) electrons. The highest BCUT2D eigenvalue weighted by Gasteiger charge is 2.24. The summed E-state index contributed by atoms with van der Waals surface area (Å²) in [4.78, 5) is 20.5. The zero-order chi connectivity index (χ0) is 24.9. The number of H-pyrrole nitrogens is 1. The Bertz CT molecular complexity index is 1360. The zero-order valence-corrected chi connectivity index (χ0v) is 19.4. The lowest BCUT2D eigenvalue weighted by atomic mass is 9.99. The number of aromatic nitrogens is 2. The molecule has 0 spiro atoms. The van der Waals surface area contributed by atoms with Gasteiger partial charge in [0.1, 0.15) is 17.3 Å². The number of nitrogens with zero attached hydrogens (tertiary/aromatic N) is 1. The van der Waals surface area contributed by atoms with E-state index < -0.39 is 17.7 Å². The van der Waals surface area contributed by atoms with E-state index >= 15 is 0 Å². The Kier molecular flexibility index (Phi) is 7.27. The van der Waals surface area contributed by atoms with Gasteiger partial charge < -0.3 is 14.7 Å². The minimum Gasteiger partial charge on any atom is -0.443 e. The van der Waals surface area contributed by atoms with Gasteiger partial charge in [0.05, 0.1) is 12.5 Å². The van der Waals surface area contributed by atoms with Crippen LogP contribution >= 0.6 is 11.6 Å². The molecule has 4 aromatic rings. The number of rotatable bonds is 9. The molecule has 1 amide bonds. The highest BCUT2D eigenvalue weighted by atomic mass is 35.5. The molecule has 2 aromatic carbocycles. The Morgan fingerprint density at radius 1 is 1.14 bits per heavy atom. The van der Waals surface area contributed by atoms with Crippen molar-refractivity contribution in [3.05, 3.63) is 113 Å². The Morgan fingerprint density at radius 2 is 1.86 bits per heavy atom. The molecule has 0 aliphatic rings. The summed E-state index contributed by atoms with van der Waals surface area (Å²) >= 11 is 6.01. The molecule has 5 nitrogen and oxygen atoms in total. The number of amides is 1. The number of benzene rings is 2. The van der Waals surface area contributed by atoms with E-state index in [1.165, 1.54) is 18.5 Å². The van der Waals surface area contributed by atoms with Crippen LogP contribution in [0.5, 0.6) is 0 Å². The highest BCUT2D eigenvalue weighted by molar-refractivity contribution is 6.30. The maximum atomic E-state index is 13.9. The number of oxazole rings is 1. The van der Waals surface area contributed by atoms with Crippen molar-refractivity contribution in [2.75, 3.05) is 0 Å². The zero-order valence-electron chi connectivity index (χ0n) is 18.7. The predicted octanol–water partition coefficient (Wildman–Crippen LogP) is 6.53. The van der Waals surface area contributed by atoms with E-state index in [4.69, 9.17) is 16.0 Å². The third-order valence-electron chi connectivity index (χ3n) is 5.53. The van der Waals surface area contributed by atoms with Crippen molar-refractivity contribution in [2.45, 2.75) is 18.9 Å². The molecule has 8 heteroatoms. The van der Waals surface area contributed by atoms with E-state index in [-0.39, 0.29) is 18.7 Å². The number of carbonyl (C=O) groups excluding carboxylic acids is 1. The summed E-state index contributed by atoms with van der Waals surface area (Å²) in [6, 6.07) is 9.47. The van der Waals surface area contributed by atoms with Crippen LogP contribution in [-0.4, -0.2) is 15.9 Å². The normalized spacial score (nSPS) is 11.7. The fourth-order valence-corrected chi connectivity index (χ4v) is 4.09. The number of hydrogen-bond donors (Lipinski definition) is 2. The molecule has 0 fully saturated rings. The first-order chi connectivity index (χ1) is 16.9. The standard InChI is InChI=1S/C27H22ClF2N3O2/c1-3-22-18(14-31-23(22)4-2)12-25(34)33-24(11-16-9-20(29)13-21(30)10-16)26-27(35-15-32-26)17-5-7-19(28)8-6-17/h3-10,13-15,24,31H,1-2,11-12H2,(H,33,34). The van der Waals surface area contributed by atoms with Crippen LogP contribution in [0.4, 0.5) is 8.78 Å². The Balaban J connectivity index is 1.66. The molecule has 0 saturated carbocycles. The van der Waals surface area contributed by atoms with Crippen LogP contribution in [0.15, 0.2) is 72.6 Å². The largest absolute Gasteiger partial charge is 0.443 e. The lowest BCUT2D eigenvalue weighted by Gasteiger charge is -2.18. The van der Waals surface area contributed by atoms with Crippen molar-refractivity contribution < 1.29 is 18.0 Å². The lowest BCUT2D eigenvalue weighted by Crippen LogP contribution is -2.32. The number of nitrogens with one attached hydrogen (secondary N) is 2. The van der Waals surface area contributed by atoms with Crippen molar-refractivity contribution in [1.82, 2.24) is 15.3 Å². The smallest absolute Gasteiger partial charge is 0.225 e. The van der Waals surface area contributed by atoms with Crippen molar-refractivity contribution >= 4 is 29.7 Å². The average Bonchev–Trinajstić information content (AvgIpc) is 3.45. The molecule has 1 unspecified atom stereocenters. The van der Waals surface area contributed by atoms with Crippen LogP contribution in [0.3, 0.4) is 0 Å². The highest BCUT2D eigenvalue weighted by Crippen LogP contribution is 2.31. The van der Waals surface area contributed by atoms with Gasteiger partial charge in [0.2, 0.25) is 5.91 Å². The van der Waals surface area contributed by atoms with E-state index in [1.807, 2.05) is 0 Å². The Labute approximate surface area is 206 Å². The van der Waals surface area contributed by atoms with Gasteiger partial charge >= 0.3 is 0 Å². The van der Waals surface area contributed by atoms with Crippen molar-refractivity contribution in [3.8, 4) is 11.3 Å². The Hall–Kier alpha value is -3.97. The van der Waals surface area contributed by atoms with Crippen LogP contribution < -0.4 is 5.32 Å². The van der Waals surface area contributed by atoms with Gasteiger partial charge in [-0.25, -0.2) is 13.8 Å². The fraction of sp³-hybridized carbons (Fsp3) is 0.111. The van der Waals surface area contributed by atoms with Crippen LogP contribution in [0.1, 0.15) is 34.1 Å². The van der Waals surface area contributed by atoms with Crippen molar-refractivity contribution in [2.24, 2.45) is 0 Å². The maximum Gasteiger partial charge on any atom is 0.225 e. The summed E-state index contributed by atoms with van der Waals surface area (Å²) < 4.78 is 33.4. The summed E-state index contributed by atoms with van der Waals surface area (Å²) in [7, 11) is 0. The van der Waals surface area contributed by atoms with Gasteiger partial charge in [0.15, 0.2) is 12.2 Å². The second-order valence-electron chi connectivity index (χ2n) is 7.90. The van der Waals surface area contributed by atoms with Gasteiger partial charge in [-0.2, -0.15) is 0 Å². The topological polar surface area (TPSA) is 70.9 Å². The van der Waals surface area contributed by atoms with E-state index in [1.54, 1.807) is 42.6 Å². The molecule has 0 bridgehead atoms. The molecular formula is C27H22ClF2N3O2. The number of aromatic amines is 1. The molecule has 1 atom stereocenters. The maximum absolute atomic E-state index is 13.9. The molecule has 178 valence electrons. The first-order valence-electron chi connectivity index (χ1n) is 10.8. The SMILES string of the molecule is C=Cc1[nH]cc(CC(=O)NC(Cc2cc(F)cc(F)c2)c2ncoc2-c2ccc(Cl)cc2)c1C=C. The summed E-state index contributed by atoms with van der Waals surface area (Å²) in [5.41, 5.74) is 3.76. The minimum atomic E-state index is -0.724. The molecule has 2 aromatic heterocycles. The monoisotopic (exact) mass is 493 g/mol. The van der Waals surface area contributed by atoms with Gasteiger partial charge in [-0.15, -0.1) is 0 Å². The first kappa shape index (κ1) is 24.2. The Morgan fingerprint density at radius 3 is 2.51 bits per heavy atom. The molecule has 2 heterocycles. The van der Waals surface area contributed by atoms with E-state index in [0.717, 1.165) is 22.9 Å². The fourth-order valence-electron chi connectivity index (χ4n) is 3.97. The van der Waals surface area contributed by atoms with Crippen molar-refractivity contribution in [3.63, 3.8) is 0 Å². The lowest BCUT2D eigenvalue weighted by molar-refractivity contribution is -0.121. The molecule has 0 aliphatic carbocycles. The van der Waals surface area contributed by atoms with Gasteiger partial charge in [-0.3, -0.25) is 4.79 Å². The second-order valence-corrected chi connectivity index (χ2v) is 8.34. The molecule has 2 N–H and O–H groups in total. The van der Waals surface area contributed by atoms with Crippen LogP contribution in [0.25, 0.3) is 23.5 Å². The quantitative estimate of drug-likeness (QED) is 0.278. The molecular weight excluding hydrogens is 472 g/mol. The van der Waals surface area contributed by atoms with E-state index in [2.05, 4.69) is 28.4 Å². The average molecular weight is 494 g/mol.